The number of halogens is 2. The van der Waals surface area contributed by atoms with E-state index in [9.17, 15) is 14.9 Å². The Morgan fingerprint density at radius 2 is 2.14 bits per heavy atom. The second-order valence-electron chi connectivity index (χ2n) is 4.43. The predicted octanol–water partition coefficient (Wildman–Crippen LogP) is 4.09. The lowest BCUT2D eigenvalue weighted by atomic mass is 9.90. The summed E-state index contributed by atoms with van der Waals surface area (Å²) in [6, 6.07) is 3.78. The van der Waals surface area contributed by atoms with E-state index in [1.165, 1.54) is 18.2 Å². The van der Waals surface area contributed by atoms with Crippen LogP contribution in [0.15, 0.2) is 33.4 Å². The van der Waals surface area contributed by atoms with Gasteiger partial charge in [0.2, 0.25) is 5.78 Å². The fourth-order valence-electron chi connectivity index (χ4n) is 2.16. The summed E-state index contributed by atoms with van der Waals surface area (Å²) >= 11 is 9.11. The second kappa shape index (κ2) is 6.36. The van der Waals surface area contributed by atoms with E-state index in [1.807, 2.05) is 0 Å². The van der Waals surface area contributed by atoms with Gasteiger partial charge in [-0.15, -0.1) is 0 Å². The van der Waals surface area contributed by atoms with E-state index in [2.05, 4.69) is 21.1 Å². The van der Waals surface area contributed by atoms with Crippen LogP contribution in [-0.2, 0) is 0 Å². The zero-order chi connectivity index (χ0) is 15.6. The van der Waals surface area contributed by atoms with Gasteiger partial charge in [-0.1, -0.05) is 32.7 Å². The van der Waals surface area contributed by atoms with Gasteiger partial charge in [0.05, 0.1) is 16.2 Å². The predicted molar refractivity (Wildman–Crippen MR) is 81.5 cm³/mol. The minimum atomic E-state index is -0.642. The molecule has 0 saturated carbocycles. The van der Waals surface area contributed by atoms with E-state index in [4.69, 9.17) is 16.8 Å². The van der Waals surface area contributed by atoms with E-state index >= 15 is 0 Å². The van der Waals surface area contributed by atoms with Gasteiger partial charge >= 0.3 is 0 Å². The first-order chi connectivity index (χ1) is 9.95. The quantitative estimate of drug-likeness (QED) is 0.374. The monoisotopic (exact) mass is 372 g/mol. The normalized spacial score (nSPS) is 17.1. The van der Waals surface area contributed by atoms with Crippen molar-refractivity contribution in [1.82, 2.24) is 0 Å². The molecule has 1 N–H and O–H groups in total. The van der Waals surface area contributed by atoms with Crippen molar-refractivity contribution in [1.29, 1.82) is 0 Å². The minimum Gasteiger partial charge on any atom is -0.411 e. The maximum absolute atomic E-state index is 12.6. The number of carbonyl (C=O) groups is 1. The molecule has 0 aliphatic heterocycles. The molecule has 110 valence electrons. The molecular weight excluding hydrogens is 364 g/mol. The van der Waals surface area contributed by atoms with Gasteiger partial charge in [0, 0.05) is 15.6 Å². The average molecular weight is 374 g/mol. The molecule has 0 unspecified atom stereocenters. The number of nitrogens with zero attached hydrogens (tertiary/aromatic N) is 2. The smallest absolute Gasteiger partial charge is 0.280 e. The number of ketones is 1. The number of rotatable bonds is 3. The van der Waals surface area contributed by atoms with Crippen molar-refractivity contribution < 1.29 is 14.9 Å². The fourth-order valence-corrected chi connectivity index (χ4v) is 3.02. The van der Waals surface area contributed by atoms with Crippen molar-refractivity contribution >= 4 is 44.7 Å². The van der Waals surface area contributed by atoms with E-state index in [0.29, 0.717) is 17.3 Å². The highest BCUT2D eigenvalue weighted by atomic mass is 79.9. The van der Waals surface area contributed by atoms with Gasteiger partial charge in [0.15, 0.2) is 0 Å². The number of allylic oxidation sites excluding steroid dienone is 2. The Morgan fingerprint density at radius 3 is 2.76 bits per heavy atom. The molecule has 6 nitrogen and oxygen atoms in total. The molecule has 0 atom stereocenters. The van der Waals surface area contributed by atoms with Crippen molar-refractivity contribution in [2.24, 2.45) is 5.16 Å². The van der Waals surface area contributed by atoms with Crippen LogP contribution in [-0.4, -0.2) is 21.6 Å². The molecule has 0 spiro atoms. The molecular formula is C13H10BrClN2O4. The van der Waals surface area contributed by atoms with Crippen LogP contribution in [0.2, 0.25) is 5.02 Å². The maximum Gasteiger partial charge on any atom is 0.280 e. The van der Waals surface area contributed by atoms with Gasteiger partial charge in [0.1, 0.15) is 5.56 Å². The van der Waals surface area contributed by atoms with Gasteiger partial charge in [-0.05, 0) is 31.4 Å². The van der Waals surface area contributed by atoms with Crippen molar-refractivity contribution in [3.8, 4) is 0 Å². The van der Waals surface area contributed by atoms with E-state index in [-0.39, 0.29) is 27.6 Å². The molecule has 0 saturated heterocycles. The lowest BCUT2D eigenvalue weighted by molar-refractivity contribution is -0.385. The summed E-state index contributed by atoms with van der Waals surface area (Å²) in [5.41, 5.74) is -0.0796. The van der Waals surface area contributed by atoms with E-state index in [1.54, 1.807) is 0 Å². The molecule has 0 radical (unpaired) electrons. The molecule has 0 fully saturated rings. The molecule has 21 heavy (non-hydrogen) atoms. The third kappa shape index (κ3) is 3.14. The number of nitro groups is 1. The lowest BCUT2D eigenvalue weighted by Gasteiger charge is -2.16. The van der Waals surface area contributed by atoms with Crippen molar-refractivity contribution in [3.63, 3.8) is 0 Å². The number of hydrogen-bond donors (Lipinski definition) is 1. The number of carbonyl (C=O) groups excluding carboxylic acids is 1. The largest absolute Gasteiger partial charge is 0.411 e. The highest BCUT2D eigenvalue weighted by Crippen LogP contribution is 2.32. The molecule has 0 heterocycles. The van der Waals surface area contributed by atoms with Crippen molar-refractivity contribution in [2.45, 2.75) is 19.3 Å². The Labute approximate surface area is 133 Å². The van der Waals surface area contributed by atoms with Crippen molar-refractivity contribution in [3.05, 3.63) is 49.0 Å². The Hall–Kier alpha value is -1.73. The molecule has 0 bridgehead atoms. The molecule has 1 aromatic rings. The average Bonchev–Trinajstić information content (AvgIpc) is 2.45. The summed E-state index contributed by atoms with van der Waals surface area (Å²) < 4.78 is 0.570. The highest BCUT2D eigenvalue weighted by Gasteiger charge is 2.30. The van der Waals surface area contributed by atoms with Crippen LogP contribution in [0.5, 0.6) is 0 Å². The zero-order valence-electron chi connectivity index (χ0n) is 10.7. The van der Waals surface area contributed by atoms with Gasteiger partial charge in [0.25, 0.3) is 5.69 Å². The van der Waals surface area contributed by atoms with E-state index < -0.39 is 10.7 Å². The highest BCUT2D eigenvalue weighted by molar-refractivity contribution is 9.11. The number of Topliss-reactive ketones (excluding diaryl/α,β-unsaturated/α-hetero) is 1. The van der Waals surface area contributed by atoms with Crippen LogP contribution in [0, 0.1) is 10.1 Å². The fraction of sp³-hybridized carbons (Fsp3) is 0.231. The summed E-state index contributed by atoms with van der Waals surface area (Å²) in [6.45, 7) is 0. The van der Waals surface area contributed by atoms with Gasteiger partial charge < -0.3 is 5.21 Å². The standard InChI is InChI=1S/C13H10BrClN2O4/c14-9-2-1-3-10(16-19)12(9)13(18)8-6-7(15)4-5-11(8)17(20)21/h4-6,19H,1-3H2/b16-10+. The maximum atomic E-state index is 12.6. The summed E-state index contributed by atoms with van der Waals surface area (Å²) in [4.78, 5) is 23.0. The van der Waals surface area contributed by atoms with Gasteiger partial charge in [-0.3, -0.25) is 14.9 Å². The summed E-state index contributed by atoms with van der Waals surface area (Å²) in [7, 11) is 0. The number of nitro benzene ring substituents is 1. The van der Waals surface area contributed by atoms with Crippen LogP contribution >= 0.6 is 27.5 Å². The first-order valence-corrected chi connectivity index (χ1v) is 7.21. The molecule has 2 rings (SSSR count). The number of oxime groups is 1. The van der Waals surface area contributed by atoms with Crippen LogP contribution in [0.1, 0.15) is 29.6 Å². The minimum absolute atomic E-state index is 0.123. The molecule has 8 heteroatoms. The Bertz CT molecular complexity index is 685. The molecule has 0 amide bonds. The molecule has 1 aromatic carbocycles. The van der Waals surface area contributed by atoms with Crippen LogP contribution in [0.25, 0.3) is 0 Å². The van der Waals surface area contributed by atoms with Gasteiger partial charge in [-0.2, -0.15) is 0 Å². The SMILES string of the molecule is O=C(C1=C(Br)CCC/C1=N\O)c1cc(Cl)ccc1[N+](=O)[O-]. The molecule has 1 aliphatic carbocycles. The van der Waals surface area contributed by atoms with Gasteiger partial charge in [-0.25, -0.2) is 0 Å². The molecule has 1 aliphatic rings. The third-order valence-corrected chi connectivity index (χ3v) is 4.15. The van der Waals surface area contributed by atoms with E-state index in [0.717, 1.165) is 6.42 Å². The number of hydrogen-bond acceptors (Lipinski definition) is 5. The Morgan fingerprint density at radius 1 is 1.43 bits per heavy atom. The number of benzene rings is 1. The summed E-state index contributed by atoms with van der Waals surface area (Å²) in [5, 5.41) is 23.4. The Balaban J connectivity index is 2.59. The first kappa shape index (κ1) is 15.7. The van der Waals surface area contributed by atoms with Crippen LogP contribution in [0.4, 0.5) is 5.69 Å². The lowest BCUT2D eigenvalue weighted by Crippen LogP contribution is -2.19. The third-order valence-electron chi connectivity index (χ3n) is 3.12. The van der Waals surface area contributed by atoms with Crippen LogP contribution in [0.3, 0.4) is 0 Å². The summed E-state index contributed by atoms with van der Waals surface area (Å²) in [5.74, 6) is -0.580. The first-order valence-electron chi connectivity index (χ1n) is 6.04. The second-order valence-corrected chi connectivity index (χ2v) is 5.82. The molecule has 0 aromatic heterocycles. The Kier molecular flexibility index (Phi) is 4.74. The van der Waals surface area contributed by atoms with Crippen molar-refractivity contribution in [2.75, 3.05) is 0 Å². The zero-order valence-corrected chi connectivity index (χ0v) is 13.0. The summed E-state index contributed by atoms with van der Waals surface area (Å²) in [6.07, 6.45) is 1.77. The topological polar surface area (TPSA) is 92.8 Å². The van der Waals surface area contributed by atoms with Crippen LogP contribution < -0.4 is 0 Å².